The number of amides is 2. The van der Waals surface area contributed by atoms with Crippen LogP contribution in [0.5, 0.6) is 0 Å². The molecule has 0 atom stereocenters. The third kappa shape index (κ3) is 5.40. The summed E-state index contributed by atoms with van der Waals surface area (Å²) in [5.41, 5.74) is 2.38. The molecule has 0 fully saturated rings. The first-order valence-corrected chi connectivity index (χ1v) is 13.0. The molecule has 0 aliphatic heterocycles. The molecule has 0 unspecified atom stereocenters. The molecule has 11 nitrogen and oxygen atoms in total. The van der Waals surface area contributed by atoms with Crippen molar-refractivity contribution >= 4 is 34.4 Å². The van der Waals surface area contributed by atoms with Crippen molar-refractivity contribution in [3.8, 4) is 28.5 Å². The second kappa shape index (κ2) is 10.8. The fourth-order valence-corrected chi connectivity index (χ4v) is 4.36. The van der Waals surface area contributed by atoms with Gasteiger partial charge in [0.2, 0.25) is 5.95 Å². The van der Waals surface area contributed by atoms with Gasteiger partial charge < -0.3 is 16.0 Å². The first kappa shape index (κ1) is 28.0. The SMILES string of the molecule is CNc1ncc2cc(-c3ccc(F)c(NC(=O)Nc4cn(C(C)(C)C)nc4-c4ccc(C#N)cc4)c3)c(=O)n(C)c2n1. The van der Waals surface area contributed by atoms with E-state index in [9.17, 15) is 14.0 Å². The summed E-state index contributed by atoms with van der Waals surface area (Å²) in [6, 6.07) is 13.9. The number of carbonyl (C=O) groups excluding carboxylic acids is 1. The zero-order valence-electron chi connectivity index (χ0n) is 23.7. The number of rotatable bonds is 5. The molecular weight excluding hydrogens is 537 g/mol. The fraction of sp³-hybridized carbons (Fsp3) is 0.200. The summed E-state index contributed by atoms with van der Waals surface area (Å²) >= 11 is 0. The average Bonchev–Trinajstić information content (AvgIpc) is 3.40. The number of carbonyl (C=O) groups is 1. The zero-order chi connectivity index (χ0) is 30.2. The maximum absolute atomic E-state index is 14.9. The highest BCUT2D eigenvalue weighted by molar-refractivity contribution is 6.02. The highest BCUT2D eigenvalue weighted by atomic mass is 19.1. The van der Waals surface area contributed by atoms with Crippen molar-refractivity contribution in [3.05, 3.63) is 82.7 Å². The first-order chi connectivity index (χ1) is 20.0. The number of urea groups is 1. The van der Waals surface area contributed by atoms with Crippen LogP contribution >= 0.6 is 0 Å². The smallest absolute Gasteiger partial charge is 0.323 e. The molecular formula is C30H28FN9O2. The largest absolute Gasteiger partial charge is 0.357 e. The lowest BCUT2D eigenvalue weighted by atomic mass is 10.1. The van der Waals surface area contributed by atoms with E-state index in [0.717, 1.165) is 0 Å². The van der Waals surface area contributed by atoms with Crippen LogP contribution in [0.2, 0.25) is 0 Å². The van der Waals surface area contributed by atoms with E-state index in [4.69, 9.17) is 5.26 Å². The van der Waals surface area contributed by atoms with E-state index < -0.39 is 11.8 Å². The third-order valence-electron chi connectivity index (χ3n) is 6.63. The van der Waals surface area contributed by atoms with Crippen molar-refractivity contribution in [3.63, 3.8) is 0 Å². The first-order valence-electron chi connectivity index (χ1n) is 13.0. The third-order valence-corrected chi connectivity index (χ3v) is 6.63. The number of aryl methyl sites for hydroxylation is 1. The van der Waals surface area contributed by atoms with Gasteiger partial charge in [0.25, 0.3) is 5.56 Å². The molecule has 12 heteroatoms. The van der Waals surface area contributed by atoms with Crippen LogP contribution in [-0.4, -0.2) is 37.4 Å². The number of hydrogen-bond donors (Lipinski definition) is 3. The molecule has 2 amide bonds. The van der Waals surface area contributed by atoms with Gasteiger partial charge in [-0.05, 0) is 56.7 Å². The van der Waals surface area contributed by atoms with E-state index in [0.29, 0.717) is 50.6 Å². The molecule has 3 heterocycles. The van der Waals surface area contributed by atoms with E-state index in [2.05, 4.69) is 37.1 Å². The lowest BCUT2D eigenvalue weighted by Gasteiger charge is -2.18. The van der Waals surface area contributed by atoms with Crippen LogP contribution in [0.4, 0.5) is 26.5 Å². The summed E-state index contributed by atoms with van der Waals surface area (Å²) in [5.74, 6) is -0.300. The Balaban J connectivity index is 1.46. The predicted octanol–water partition coefficient (Wildman–Crippen LogP) is 5.31. The monoisotopic (exact) mass is 565 g/mol. The Morgan fingerprint density at radius 3 is 2.38 bits per heavy atom. The summed E-state index contributed by atoms with van der Waals surface area (Å²) in [4.78, 5) is 34.9. The number of nitriles is 1. The number of fused-ring (bicyclic) bond motifs is 1. The van der Waals surface area contributed by atoms with E-state index in [-0.39, 0.29) is 16.8 Å². The molecule has 42 heavy (non-hydrogen) atoms. The Bertz CT molecular complexity index is 1930. The molecule has 5 aromatic rings. The van der Waals surface area contributed by atoms with Crippen LogP contribution in [0.15, 0.2) is 65.7 Å². The van der Waals surface area contributed by atoms with Crippen LogP contribution in [0.1, 0.15) is 26.3 Å². The van der Waals surface area contributed by atoms with Crippen molar-refractivity contribution in [1.82, 2.24) is 24.3 Å². The summed E-state index contributed by atoms with van der Waals surface area (Å²) < 4.78 is 18.0. The van der Waals surface area contributed by atoms with E-state index in [1.807, 2.05) is 20.8 Å². The number of halogens is 1. The second-order valence-corrected chi connectivity index (χ2v) is 10.6. The van der Waals surface area contributed by atoms with Crippen molar-refractivity contribution in [2.75, 3.05) is 23.0 Å². The van der Waals surface area contributed by atoms with Crippen molar-refractivity contribution in [2.24, 2.45) is 7.05 Å². The molecule has 3 aromatic heterocycles. The fourth-order valence-electron chi connectivity index (χ4n) is 4.36. The second-order valence-electron chi connectivity index (χ2n) is 10.6. The van der Waals surface area contributed by atoms with Crippen LogP contribution in [-0.2, 0) is 12.6 Å². The van der Waals surface area contributed by atoms with Gasteiger partial charge in [0, 0.05) is 43.0 Å². The summed E-state index contributed by atoms with van der Waals surface area (Å²) in [5, 5.41) is 22.6. The summed E-state index contributed by atoms with van der Waals surface area (Å²) in [6.07, 6.45) is 3.29. The van der Waals surface area contributed by atoms with Crippen LogP contribution in [0.3, 0.4) is 0 Å². The number of pyridine rings is 1. The van der Waals surface area contributed by atoms with E-state index >= 15 is 0 Å². The van der Waals surface area contributed by atoms with Crippen molar-refractivity contribution < 1.29 is 9.18 Å². The summed E-state index contributed by atoms with van der Waals surface area (Å²) in [7, 11) is 3.28. The predicted molar refractivity (Wildman–Crippen MR) is 160 cm³/mol. The minimum Gasteiger partial charge on any atom is -0.357 e. The Kier molecular flexibility index (Phi) is 7.18. The molecule has 212 valence electrons. The molecule has 0 spiro atoms. The van der Waals surface area contributed by atoms with Gasteiger partial charge in [0.1, 0.15) is 17.2 Å². The maximum atomic E-state index is 14.9. The minimum atomic E-state index is -0.700. The van der Waals surface area contributed by atoms with Gasteiger partial charge >= 0.3 is 6.03 Å². The van der Waals surface area contributed by atoms with E-state index in [1.165, 1.54) is 22.8 Å². The zero-order valence-corrected chi connectivity index (χ0v) is 23.7. The lowest BCUT2D eigenvalue weighted by molar-refractivity contribution is 0.262. The number of aromatic nitrogens is 5. The van der Waals surface area contributed by atoms with Gasteiger partial charge in [-0.3, -0.25) is 14.0 Å². The molecule has 0 saturated carbocycles. The molecule has 0 saturated heterocycles. The van der Waals surface area contributed by atoms with E-state index in [1.54, 1.807) is 61.5 Å². The Hall–Kier alpha value is -5.57. The molecule has 0 aliphatic carbocycles. The maximum Gasteiger partial charge on any atom is 0.323 e. The van der Waals surface area contributed by atoms with Crippen molar-refractivity contribution in [1.29, 1.82) is 5.26 Å². The van der Waals surface area contributed by atoms with Crippen LogP contribution < -0.4 is 21.5 Å². The minimum absolute atomic E-state index is 0.114. The Labute approximate surface area is 240 Å². The van der Waals surface area contributed by atoms with Gasteiger partial charge in [-0.2, -0.15) is 15.3 Å². The molecule has 0 bridgehead atoms. The molecule has 0 aliphatic rings. The van der Waals surface area contributed by atoms with Gasteiger partial charge in [0.15, 0.2) is 0 Å². The highest BCUT2D eigenvalue weighted by Crippen LogP contribution is 2.30. The number of nitrogens with one attached hydrogen (secondary N) is 3. The number of benzene rings is 2. The highest BCUT2D eigenvalue weighted by Gasteiger charge is 2.21. The Morgan fingerprint density at radius 1 is 1.02 bits per heavy atom. The molecule has 0 radical (unpaired) electrons. The van der Waals surface area contributed by atoms with Gasteiger partial charge in [-0.15, -0.1) is 0 Å². The standard InChI is InChI=1S/C30H28FN9O2/c1-30(2,3)40-16-24(25(38-40)18-8-6-17(14-32)7-9-18)36-29(42)35-23-13-19(10-11-22(23)31)21-12-20-15-34-28(33-4)37-26(20)39(5)27(21)41/h6-13,15-16H,1-5H3,(H,33,34,37)(H2,35,36,42). The number of nitrogens with zero attached hydrogens (tertiary/aromatic N) is 6. The number of hydrogen-bond acceptors (Lipinski definition) is 7. The van der Waals surface area contributed by atoms with Crippen LogP contribution in [0.25, 0.3) is 33.4 Å². The molecule has 5 rings (SSSR count). The van der Waals surface area contributed by atoms with Crippen molar-refractivity contribution in [2.45, 2.75) is 26.3 Å². The number of anilines is 3. The average molecular weight is 566 g/mol. The lowest BCUT2D eigenvalue weighted by Crippen LogP contribution is -2.22. The van der Waals surface area contributed by atoms with Gasteiger partial charge in [0.05, 0.1) is 28.5 Å². The Morgan fingerprint density at radius 2 is 1.71 bits per heavy atom. The normalized spacial score (nSPS) is 11.3. The topological polar surface area (TPSA) is 143 Å². The summed E-state index contributed by atoms with van der Waals surface area (Å²) in [6.45, 7) is 5.90. The van der Waals surface area contributed by atoms with Gasteiger partial charge in [-0.25, -0.2) is 14.2 Å². The molecule has 3 N–H and O–H groups in total. The quantitative estimate of drug-likeness (QED) is 0.262. The van der Waals surface area contributed by atoms with Gasteiger partial charge in [-0.1, -0.05) is 18.2 Å². The molecule has 2 aromatic carbocycles. The van der Waals surface area contributed by atoms with Crippen LogP contribution in [0, 0.1) is 17.1 Å².